The van der Waals surface area contributed by atoms with E-state index in [0.717, 1.165) is 16.9 Å². The number of carbonyl (C=O) groups excluding carboxylic acids is 1. The van der Waals surface area contributed by atoms with Crippen LogP contribution in [0.15, 0.2) is 61.1 Å². The summed E-state index contributed by atoms with van der Waals surface area (Å²) >= 11 is 6.10. The lowest BCUT2D eigenvalue weighted by Gasteiger charge is -2.13. The quantitative estimate of drug-likeness (QED) is 0.551. The lowest BCUT2D eigenvalue weighted by molar-refractivity contribution is 0.0931. The summed E-state index contributed by atoms with van der Waals surface area (Å²) in [5.74, 6) is -0.229. The maximum absolute atomic E-state index is 12.5. The highest BCUT2D eigenvalue weighted by Gasteiger charge is 2.14. The Morgan fingerprint density at radius 1 is 1.28 bits per heavy atom. The number of amides is 1. The summed E-state index contributed by atoms with van der Waals surface area (Å²) in [4.78, 5) is 16.8. The van der Waals surface area contributed by atoms with Crippen LogP contribution in [0.3, 0.4) is 0 Å². The van der Waals surface area contributed by atoms with E-state index in [1.165, 1.54) is 0 Å². The summed E-state index contributed by atoms with van der Waals surface area (Å²) in [6, 6.07) is 14.6. The van der Waals surface area contributed by atoms with Gasteiger partial charge in [-0.15, -0.1) is 0 Å². The molecule has 0 aliphatic carbocycles. The molecule has 1 atom stereocenters. The van der Waals surface area contributed by atoms with E-state index in [1.54, 1.807) is 23.0 Å². The lowest BCUT2D eigenvalue weighted by atomic mass is 10.1. The molecule has 3 aromatic heterocycles. The molecule has 0 bridgehead atoms. The zero-order valence-electron chi connectivity index (χ0n) is 15.6. The Bertz CT molecular complexity index is 1200. The number of fused-ring (bicyclic) bond motifs is 1. The molecule has 0 aliphatic rings. The van der Waals surface area contributed by atoms with E-state index < -0.39 is 0 Å². The first kappa shape index (κ1) is 18.7. The van der Waals surface area contributed by atoms with E-state index >= 15 is 0 Å². The SMILES string of the molecule is CC(Cn1ccc(-c2ccc(C#N)c(Cl)c2)n1)NC(=O)c1cn2ccccc2n1. The fourth-order valence-electron chi connectivity index (χ4n) is 3.05. The highest BCUT2D eigenvalue weighted by Crippen LogP contribution is 2.24. The maximum Gasteiger partial charge on any atom is 0.271 e. The van der Waals surface area contributed by atoms with Gasteiger partial charge in [-0.25, -0.2) is 4.98 Å². The molecule has 0 aliphatic heterocycles. The van der Waals surface area contributed by atoms with Gasteiger partial charge in [-0.3, -0.25) is 9.48 Å². The number of nitrogens with zero attached hydrogens (tertiary/aromatic N) is 5. The number of benzene rings is 1. The van der Waals surface area contributed by atoms with Crippen molar-refractivity contribution in [3.8, 4) is 17.3 Å². The minimum Gasteiger partial charge on any atom is -0.346 e. The molecule has 0 radical (unpaired) electrons. The van der Waals surface area contributed by atoms with Crippen molar-refractivity contribution >= 4 is 23.2 Å². The Kier molecular flexibility index (Phi) is 5.02. The van der Waals surface area contributed by atoms with Crippen molar-refractivity contribution < 1.29 is 4.79 Å². The molecule has 29 heavy (non-hydrogen) atoms. The van der Waals surface area contributed by atoms with Crippen LogP contribution in [-0.4, -0.2) is 31.1 Å². The molecule has 0 saturated heterocycles. The summed E-state index contributed by atoms with van der Waals surface area (Å²) in [7, 11) is 0. The third kappa shape index (κ3) is 3.98. The highest BCUT2D eigenvalue weighted by molar-refractivity contribution is 6.32. The number of nitriles is 1. The Hall–Kier alpha value is -3.63. The van der Waals surface area contributed by atoms with Gasteiger partial charge in [-0.05, 0) is 37.3 Å². The molecule has 0 fully saturated rings. The van der Waals surface area contributed by atoms with Crippen molar-refractivity contribution in [1.82, 2.24) is 24.5 Å². The van der Waals surface area contributed by atoms with Crippen molar-refractivity contribution in [3.63, 3.8) is 0 Å². The van der Waals surface area contributed by atoms with Gasteiger partial charge in [-0.2, -0.15) is 10.4 Å². The summed E-state index contributed by atoms with van der Waals surface area (Å²) in [6.45, 7) is 2.41. The molecule has 1 unspecified atom stereocenters. The predicted molar refractivity (Wildman–Crippen MR) is 110 cm³/mol. The molecule has 0 spiro atoms. The van der Waals surface area contributed by atoms with Gasteiger partial charge in [0.2, 0.25) is 0 Å². The Labute approximate surface area is 172 Å². The van der Waals surface area contributed by atoms with E-state index in [9.17, 15) is 4.79 Å². The molecule has 7 nitrogen and oxygen atoms in total. The first-order valence-electron chi connectivity index (χ1n) is 9.01. The second kappa shape index (κ2) is 7.78. The van der Waals surface area contributed by atoms with Crippen molar-refractivity contribution in [1.29, 1.82) is 5.26 Å². The molecule has 3 heterocycles. The number of halogens is 1. The molecule has 144 valence electrons. The molecular weight excluding hydrogens is 388 g/mol. The minimum atomic E-state index is -0.229. The van der Waals surface area contributed by atoms with E-state index in [1.807, 2.05) is 60.1 Å². The van der Waals surface area contributed by atoms with Crippen LogP contribution in [0.5, 0.6) is 0 Å². The van der Waals surface area contributed by atoms with Crippen molar-refractivity contribution in [2.75, 3.05) is 0 Å². The van der Waals surface area contributed by atoms with Gasteiger partial charge in [0, 0.05) is 30.2 Å². The number of rotatable bonds is 5. The van der Waals surface area contributed by atoms with Gasteiger partial charge in [0.1, 0.15) is 17.4 Å². The second-order valence-electron chi connectivity index (χ2n) is 6.70. The Morgan fingerprint density at radius 2 is 2.14 bits per heavy atom. The van der Waals surface area contributed by atoms with Crippen LogP contribution in [0.1, 0.15) is 23.0 Å². The van der Waals surface area contributed by atoms with Crippen LogP contribution in [0.2, 0.25) is 5.02 Å². The third-order valence-corrected chi connectivity index (χ3v) is 4.77. The zero-order chi connectivity index (χ0) is 20.4. The maximum atomic E-state index is 12.5. The summed E-state index contributed by atoms with van der Waals surface area (Å²) < 4.78 is 3.57. The monoisotopic (exact) mass is 404 g/mol. The average molecular weight is 405 g/mol. The fraction of sp³-hybridized carbons (Fsp3) is 0.143. The fourth-order valence-corrected chi connectivity index (χ4v) is 3.27. The average Bonchev–Trinajstić information content (AvgIpc) is 3.34. The van der Waals surface area contributed by atoms with Gasteiger partial charge in [0.05, 0.1) is 22.8 Å². The van der Waals surface area contributed by atoms with Crippen molar-refractivity contribution in [2.45, 2.75) is 19.5 Å². The van der Waals surface area contributed by atoms with E-state index in [2.05, 4.69) is 15.4 Å². The van der Waals surface area contributed by atoms with Crippen LogP contribution < -0.4 is 5.32 Å². The zero-order valence-corrected chi connectivity index (χ0v) is 16.3. The number of aromatic nitrogens is 4. The third-order valence-electron chi connectivity index (χ3n) is 4.46. The molecular formula is C21H17ClN6O. The van der Waals surface area contributed by atoms with Crippen molar-refractivity contribution in [2.24, 2.45) is 0 Å². The van der Waals surface area contributed by atoms with Crippen LogP contribution in [0.25, 0.3) is 16.9 Å². The number of imidazole rings is 1. The molecule has 8 heteroatoms. The van der Waals surface area contributed by atoms with Crippen LogP contribution in [0.4, 0.5) is 0 Å². The van der Waals surface area contributed by atoms with E-state index in [4.69, 9.17) is 16.9 Å². The first-order valence-corrected chi connectivity index (χ1v) is 9.39. The van der Waals surface area contributed by atoms with E-state index in [-0.39, 0.29) is 11.9 Å². The van der Waals surface area contributed by atoms with Crippen LogP contribution in [0, 0.1) is 11.3 Å². The van der Waals surface area contributed by atoms with Crippen molar-refractivity contribution in [3.05, 3.63) is 77.3 Å². The number of pyridine rings is 1. The molecule has 1 aromatic carbocycles. The molecule has 0 saturated carbocycles. The molecule has 1 N–H and O–H groups in total. The molecule has 1 amide bonds. The lowest BCUT2D eigenvalue weighted by Crippen LogP contribution is -2.36. The van der Waals surface area contributed by atoms with Crippen LogP contribution >= 0.6 is 11.6 Å². The van der Waals surface area contributed by atoms with Gasteiger partial charge in [0.25, 0.3) is 5.91 Å². The smallest absolute Gasteiger partial charge is 0.271 e. The normalized spacial score (nSPS) is 11.9. The predicted octanol–water partition coefficient (Wildman–Crippen LogP) is 3.54. The largest absolute Gasteiger partial charge is 0.346 e. The van der Waals surface area contributed by atoms with Gasteiger partial charge in [0.15, 0.2) is 0 Å². The number of hydrogen-bond acceptors (Lipinski definition) is 4. The minimum absolute atomic E-state index is 0.149. The first-order chi connectivity index (χ1) is 14.0. The molecule has 4 rings (SSSR count). The topological polar surface area (TPSA) is 88.0 Å². The number of carbonyl (C=O) groups is 1. The number of hydrogen-bond donors (Lipinski definition) is 1. The summed E-state index contributed by atoms with van der Waals surface area (Å²) in [5, 5.41) is 16.9. The standard InChI is InChI=1S/C21H17ClN6O/c1-14(24-21(29)19-13-27-8-3-2-4-20(27)25-19)12-28-9-7-18(26-28)15-5-6-16(11-23)17(22)10-15/h2-10,13-14H,12H2,1H3,(H,24,29). The van der Waals surface area contributed by atoms with E-state index in [0.29, 0.717) is 22.8 Å². The van der Waals surface area contributed by atoms with Gasteiger partial charge < -0.3 is 9.72 Å². The Balaban J connectivity index is 1.42. The van der Waals surface area contributed by atoms with Gasteiger partial charge >= 0.3 is 0 Å². The van der Waals surface area contributed by atoms with Gasteiger partial charge in [-0.1, -0.05) is 23.7 Å². The summed E-state index contributed by atoms with van der Waals surface area (Å²) in [6.07, 6.45) is 5.40. The van der Waals surface area contributed by atoms with Crippen LogP contribution in [-0.2, 0) is 6.54 Å². The number of nitrogens with one attached hydrogen (secondary N) is 1. The molecule has 4 aromatic rings. The Morgan fingerprint density at radius 3 is 2.90 bits per heavy atom. The summed E-state index contributed by atoms with van der Waals surface area (Å²) in [5.41, 5.74) is 3.10. The highest BCUT2D eigenvalue weighted by atomic mass is 35.5. The second-order valence-corrected chi connectivity index (χ2v) is 7.10.